The lowest BCUT2D eigenvalue weighted by molar-refractivity contribution is 0.111. The Balaban J connectivity index is 1.77. The van der Waals surface area contributed by atoms with E-state index >= 15 is 0 Å². The van der Waals surface area contributed by atoms with Crippen molar-refractivity contribution in [3.63, 3.8) is 0 Å². The molecule has 1 aliphatic rings. The lowest BCUT2D eigenvalue weighted by Crippen LogP contribution is -2.21. The van der Waals surface area contributed by atoms with Gasteiger partial charge in [0, 0.05) is 19.7 Å². The number of hydrogen-bond donors (Lipinski definition) is 1. The minimum Gasteiger partial charge on any atom is -0.486 e. The molecule has 1 aromatic carbocycles. The largest absolute Gasteiger partial charge is 0.486 e. The molecular weight excluding hydrogens is 278 g/mol. The van der Waals surface area contributed by atoms with Gasteiger partial charge in [0.1, 0.15) is 13.2 Å². The molecule has 0 fully saturated rings. The van der Waals surface area contributed by atoms with Crippen molar-refractivity contribution in [1.82, 2.24) is 5.32 Å². The highest BCUT2D eigenvalue weighted by Crippen LogP contribution is 2.38. The minimum absolute atomic E-state index is 0.553. The molecule has 0 radical (unpaired) electrons. The van der Waals surface area contributed by atoms with Crippen LogP contribution in [0.3, 0.4) is 0 Å². The highest BCUT2D eigenvalue weighted by Gasteiger charge is 2.16. The number of rotatable bonds is 7. The molecule has 0 saturated heterocycles. The minimum atomic E-state index is 0.553. The molecule has 0 aliphatic carbocycles. The van der Waals surface area contributed by atoms with Crippen molar-refractivity contribution in [3.05, 3.63) is 22.7 Å². The second kappa shape index (κ2) is 7.72. The summed E-state index contributed by atoms with van der Waals surface area (Å²) in [5.74, 6) is 1.96. The van der Waals surface area contributed by atoms with Crippen molar-refractivity contribution in [2.24, 2.45) is 5.92 Å². The van der Waals surface area contributed by atoms with Gasteiger partial charge in [0.05, 0.1) is 11.6 Å². The zero-order chi connectivity index (χ0) is 14.4. The summed E-state index contributed by atoms with van der Waals surface area (Å²) in [6.45, 7) is 8.49. The molecule has 2 rings (SSSR count). The van der Waals surface area contributed by atoms with Crippen LogP contribution in [0.4, 0.5) is 0 Å². The fourth-order valence-electron chi connectivity index (χ4n) is 1.96. The molecule has 0 aromatic heterocycles. The van der Waals surface area contributed by atoms with Crippen LogP contribution in [0.1, 0.15) is 19.4 Å². The summed E-state index contributed by atoms with van der Waals surface area (Å²) in [4.78, 5) is 0. The molecule has 0 amide bonds. The van der Waals surface area contributed by atoms with Gasteiger partial charge in [-0.1, -0.05) is 25.4 Å². The van der Waals surface area contributed by atoms with Crippen molar-refractivity contribution in [3.8, 4) is 11.5 Å². The fraction of sp³-hybridized carbons (Fsp3) is 0.600. The molecule has 1 aliphatic heterocycles. The van der Waals surface area contributed by atoms with Gasteiger partial charge in [-0.3, -0.25) is 0 Å². The van der Waals surface area contributed by atoms with E-state index < -0.39 is 0 Å². The Morgan fingerprint density at radius 2 is 2.10 bits per heavy atom. The molecular formula is C15H22ClNO3. The maximum atomic E-state index is 6.19. The molecule has 0 bridgehead atoms. The lowest BCUT2D eigenvalue weighted by atomic mass is 10.2. The summed E-state index contributed by atoms with van der Waals surface area (Å²) in [6.07, 6.45) is 0. The standard InChI is InChI=1S/C15H22ClNO3/c1-11(2)10-18-4-3-17-9-12-7-13(16)15-14(8-12)19-5-6-20-15/h7-8,11,17H,3-6,9-10H2,1-2H3. The predicted octanol–water partition coefficient (Wildman–Crippen LogP) is 2.87. The fourth-order valence-corrected chi connectivity index (χ4v) is 2.25. The molecule has 1 N–H and O–H groups in total. The summed E-state index contributed by atoms with van der Waals surface area (Å²) >= 11 is 6.19. The number of nitrogens with one attached hydrogen (secondary N) is 1. The third-order valence-corrected chi connectivity index (χ3v) is 3.14. The van der Waals surface area contributed by atoms with E-state index in [-0.39, 0.29) is 0 Å². The Morgan fingerprint density at radius 1 is 1.30 bits per heavy atom. The first-order valence-corrected chi connectivity index (χ1v) is 7.41. The van der Waals surface area contributed by atoms with Gasteiger partial charge in [-0.15, -0.1) is 0 Å². The van der Waals surface area contributed by atoms with Crippen LogP contribution >= 0.6 is 11.6 Å². The van der Waals surface area contributed by atoms with Gasteiger partial charge in [0.25, 0.3) is 0 Å². The van der Waals surface area contributed by atoms with Crippen molar-refractivity contribution in [2.75, 3.05) is 33.0 Å². The predicted molar refractivity (Wildman–Crippen MR) is 79.8 cm³/mol. The molecule has 4 nitrogen and oxygen atoms in total. The number of halogens is 1. The Bertz CT molecular complexity index is 437. The van der Waals surface area contributed by atoms with Crippen LogP contribution in [0.25, 0.3) is 0 Å². The molecule has 20 heavy (non-hydrogen) atoms. The molecule has 112 valence electrons. The summed E-state index contributed by atoms with van der Waals surface area (Å²) in [5.41, 5.74) is 1.09. The van der Waals surface area contributed by atoms with Crippen LogP contribution in [0.15, 0.2) is 12.1 Å². The molecule has 1 heterocycles. The second-order valence-corrected chi connectivity index (χ2v) is 5.65. The Morgan fingerprint density at radius 3 is 2.90 bits per heavy atom. The highest BCUT2D eigenvalue weighted by atomic mass is 35.5. The van der Waals surface area contributed by atoms with E-state index in [1.165, 1.54) is 0 Å². The highest BCUT2D eigenvalue weighted by molar-refractivity contribution is 6.32. The lowest BCUT2D eigenvalue weighted by Gasteiger charge is -2.20. The monoisotopic (exact) mass is 299 g/mol. The summed E-state index contributed by atoms with van der Waals surface area (Å²) in [5, 5.41) is 3.94. The van der Waals surface area contributed by atoms with Crippen molar-refractivity contribution in [2.45, 2.75) is 20.4 Å². The molecule has 5 heteroatoms. The average Bonchev–Trinajstić information content (AvgIpc) is 2.42. The van der Waals surface area contributed by atoms with E-state index in [0.717, 1.165) is 37.6 Å². The smallest absolute Gasteiger partial charge is 0.179 e. The third kappa shape index (κ3) is 4.54. The second-order valence-electron chi connectivity index (χ2n) is 5.25. The van der Waals surface area contributed by atoms with Crippen molar-refractivity contribution >= 4 is 11.6 Å². The zero-order valence-corrected chi connectivity index (χ0v) is 12.8. The molecule has 0 unspecified atom stereocenters. The summed E-state index contributed by atoms with van der Waals surface area (Å²) in [6, 6.07) is 3.89. The van der Waals surface area contributed by atoms with Gasteiger partial charge in [-0.2, -0.15) is 0 Å². The van der Waals surface area contributed by atoms with Gasteiger partial charge in [-0.05, 0) is 23.6 Å². The van der Waals surface area contributed by atoms with Crippen LogP contribution in [-0.2, 0) is 11.3 Å². The van der Waals surface area contributed by atoms with Crippen LogP contribution < -0.4 is 14.8 Å². The quantitative estimate of drug-likeness (QED) is 0.786. The third-order valence-electron chi connectivity index (χ3n) is 2.86. The van der Waals surface area contributed by atoms with Gasteiger partial charge < -0.3 is 19.5 Å². The van der Waals surface area contributed by atoms with E-state index in [4.69, 9.17) is 25.8 Å². The molecule has 1 aromatic rings. The Labute approximate surface area is 125 Å². The van der Waals surface area contributed by atoms with Gasteiger partial charge in [0.2, 0.25) is 0 Å². The van der Waals surface area contributed by atoms with Gasteiger partial charge >= 0.3 is 0 Å². The zero-order valence-electron chi connectivity index (χ0n) is 12.1. The van der Waals surface area contributed by atoms with Crippen molar-refractivity contribution < 1.29 is 14.2 Å². The Kier molecular flexibility index (Phi) is 5.95. The van der Waals surface area contributed by atoms with E-state index in [9.17, 15) is 0 Å². The average molecular weight is 300 g/mol. The molecule has 0 atom stereocenters. The van der Waals surface area contributed by atoms with Crippen LogP contribution in [0.2, 0.25) is 5.02 Å². The number of fused-ring (bicyclic) bond motifs is 1. The SMILES string of the molecule is CC(C)COCCNCc1cc(Cl)c2c(c1)OCCO2. The normalized spacial score (nSPS) is 13.8. The topological polar surface area (TPSA) is 39.7 Å². The number of ether oxygens (including phenoxy) is 3. The van der Waals surface area contributed by atoms with Crippen molar-refractivity contribution in [1.29, 1.82) is 0 Å². The summed E-state index contributed by atoms with van der Waals surface area (Å²) < 4.78 is 16.6. The summed E-state index contributed by atoms with van der Waals surface area (Å²) in [7, 11) is 0. The molecule has 0 spiro atoms. The van der Waals surface area contributed by atoms with E-state index in [0.29, 0.717) is 29.9 Å². The Hall–Kier alpha value is -0.970. The van der Waals surface area contributed by atoms with E-state index in [1.54, 1.807) is 0 Å². The number of hydrogen-bond acceptors (Lipinski definition) is 4. The van der Waals surface area contributed by atoms with Gasteiger partial charge in [-0.25, -0.2) is 0 Å². The maximum Gasteiger partial charge on any atom is 0.179 e. The first-order valence-electron chi connectivity index (χ1n) is 7.03. The maximum absolute atomic E-state index is 6.19. The first-order chi connectivity index (χ1) is 9.66. The van der Waals surface area contributed by atoms with E-state index in [2.05, 4.69) is 19.2 Å². The number of benzene rings is 1. The van der Waals surface area contributed by atoms with Crippen LogP contribution in [-0.4, -0.2) is 33.0 Å². The van der Waals surface area contributed by atoms with Crippen LogP contribution in [0.5, 0.6) is 11.5 Å². The molecule has 0 saturated carbocycles. The van der Waals surface area contributed by atoms with Crippen LogP contribution in [0, 0.1) is 5.92 Å². The van der Waals surface area contributed by atoms with E-state index in [1.807, 2.05) is 12.1 Å². The first kappa shape index (κ1) is 15.4. The van der Waals surface area contributed by atoms with Gasteiger partial charge in [0.15, 0.2) is 11.5 Å².